The van der Waals surface area contributed by atoms with Crippen LogP contribution in [0.5, 0.6) is 5.75 Å². The topological polar surface area (TPSA) is 75.2 Å². The molecule has 4 aromatic carbocycles. The lowest BCUT2D eigenvalue weighted by Gasteiger charge is -2.17. The van der Waals surface area contributed by atoms with Crippen molar-refractivity contribution in [3.63, 3.8) is 0 Å². The first kappa shape index (κ1) is 24.8. The van der Waals surface area contributed by atoms with E-state index >= 15 is 0 Å². The number of ether oxygens (including phenoxy) is 1. The summed E-state index contributed by atoms with van der Waals surface area (Å²) in [4.78, 5) is 10.9. The van der Waals surface area contributed by atoms with Crippen LogP contribution in [0.3, 0.4) is 0 Å². The predicted molar refractivity (Wildman–Crippen MR) is 153 cm³/mol. The molecule has 0 aliphatic heterocycles. The Bertz CT molecular complexity index is 1610. The van der Waals surface area contributed by atoms with Crippen LogP contribution in [0, 0.1) is 0 Å². The summed E-state index contributed by atoms with van der Waals surface area (Å²) in [6, 6.07) is 32.7. The zero-order valence-corrected chi connectivity index (χ0v) is 21.1. The van der Waals surface area contributed by atoms with E-state index in [0.29, 0.717) is 6.61 Å². The summed E-state index contributed by atoms with van der Waals surface area (Å²) in [5.74, 6) is -0.151. The molecule has 5 heteroatoms. The highest BCUT2D eigenvalue weighted by Gasteiger charge is 2.15. The number of allylic oxidation sites excluding steroid dienone is 1. The number of H-pyrrole nitrogens is 1. The molecule has 5 aromatic rings. The van der Waals surface area contributed by atoms with Gasteiger partial charge in [-0.3, -0.25) is 5.10 Å². The summed E-state index contributed by atoms with van der Waals surface area (Å²) in [5, 5.41) is 17.2. The average Bonchev–Trinajstić information content (AvgIpc) is 3.43. The third kappa shape index (κ3) is 5.73. The van der Waals surface area contributed by atoms with Crippen LogP contribution >= 0.6 is 0 Å². The highest BCUT2D eigenvalue weighted by molar-refractivity contribution is 6.00. The predicted octanol–water partition coefficient (Wildman–Crippen LogP) is 7.61. The molecule has 0 radical (unpaired) electrons. The molecule has 0 atom stereocenters. The van der Waals surface area contributed by atoms with Crippen molar-refractivity contribution in [3.8, 4) is 5.75 Å². The van der Waals surface area contributed by atoms with Crippen molar-refractivity contribution >= 4 is 34.1 Å². The number of benzene rings is 4. The maximum Gasteiger partial charge on any atom is 0.328 e. The quantitative estimate of drug-likeness (QED) is 0.161. The maximum absolute atomic E-state index is 10.9. The fourth-order valence-corrected chi connectivity index (χ4v) is 4.58. The second-order valence-corrected chi connectivity index (χ2v) is 8.97. The van der Waals surface area contributed by atoms with Gasteiger partial charge in [0.1, 0.15) is 12.4 Å². The van der Waals surface area contributed by atoms with Gasteiger partial charge in [-0.25, -0.2) is 4.79 Å². The average molecular weight is 501 g/mol. The Kier molecular flexibility index (Phi) is 7.46. The summed E-state index contributed by atoms with van der Waals surface area (Å²) in [7, 11) is 0. The SMILES string of the molecule is CCC(=C(c1ccc(C=CC(=O)O)cc1)c1ccc2[nH]ncc2c1)c1cccc(OCc2ccccc2)c1. The van der Waals surface area contributed by atoms with Crippen LogP contribution in [0.2, 0.25) is 0 Å². The molecule has 188 valence electrons. The monoisotopic (exact) mass is 500 g/mol. The number of nitrogens with one attached hydrogen (secondary N) is 1. The molecule has 0 saturated heterocycles. The minimum absolute atomic E-state index is 0.505. The van der Waals surface area contributed by atoms with Crippen molar-refractivity contribution < 1.29 is 14.6 Å². The first-order chi connectivity index (χ1) is 18.6. The molecule has 0 aliphatic carbocycles. The number of hydrogen-bond donors (Lipinski definition) is 2. The van der Waals surface area contributed by atoms with Gasteiger partial charge in [0.25, 0.3) is 0 Å². The fourth-order valence-electron chi connectivity index (χ4n) is 4.58. The Morgan fingerprint density at radius 2 is 1.68 bits per heavy atom. The van der Waals surface area contributed by atoms with E-state index < -0.39 is 5.97 Å². The summed E-state index contributed by atoms with van der Waals surface area (Å²) in [6.07, 6.45) is 5.39. The number of rotatable bonds is 9. The summed E-state index contributed by atoms with van der Waals surface area (Å²) in [5.41, 5.74) is 8.46. The van der Waals surface area contributed by atoms with Gasteiger partial charge in [0, 0.05) is 11.5 Å². The lowest BCUT2D eigenvalue weighted by Crippen LogP contribution is -1.98. The number of carboxylic acids is 1. The normalized spacial score (nSPS) is 12.0. The minimum atomic E-state index is -0.967. The maximum atomic E-state index is 10.9. The lowest BCUT2D eigenvalue weighted by molar-refractivity contribution is -0.131. The van der Waals surface area contributed by atoms with Gasteiger partial charge in [0.2, 0.25) is 0 Å². The van der Waals surface area contributed by atoms with Gasteiger partial charge in [-0.1, -0.05) is 79.7 Å². The van der Waals surface area contributed by atoms with E-state index in [1.165, 1.54) is 5.57 Å². The number of carbonyl (C=O) groups is 1. The van der Waals surface area contributed by atoms with Gasteiger partial charge < -0.3 is 9.84 Å². The molecule has 0 spiro atoms. The van der Waals surface area contributed by atoms with Crippen molar-refractivity contribution in [2.45, 2.75) is 20.0 Å². The second-order valence-electron chi connectivity index (χ2n) is 8.97. The Hall–Kier alpha value is -4.90. The van der Waals surface area contributed by atoms with E-state index in [1.807, 2.05) is 66.9 Å². The van der Waals surface area contributed by atoms with E-state index in [2.05, 4.69) is 53.5 Å². The van der Waals surface area contributed by atoms with Crippen LogP contribution in [0.15, 0.2) is 109 Å². The Morgan fingerprint density at radius 3 is 2.45 bits per heavy atom. The van der Waals surface area contributed by atoms with E-state index in [9.17, 15) is 4.79 Å². The largest absolute Gasteiger partial charge is 0.489 e. The first-order valence-electron chi connectivity index (χ1n) is 12.6. The number of fused-ring (bicyclic) bond motifs is 1. The molecular formula is C33H28N2O3. The van der Waals surface area contributed by atoms with Crippen molar-refractivity contribution in [2.75, 3.05) is 0 Å². The van der Waals surface area contributed by atoms with E-state index in [0.717, 1.165) is 62.5 Å². The molecule has 38 heavy (non-hydrogen) atoms. The summed E-state index contributed by atoms with van der Waals surface area (Å²) >= 11 is 0. The van der Waals surface area contributed by atoms with Crippen molar-refractivity contribution in [1.82, 2.24) is 10.2 Å². The van der Waals surface area contributed by atoms with Crippen LogP contribution in [0.4, 0.5) is 0 Å². The summed E-state index contributed by atoms with van der Waals surface area (Å²) < 4.78 is 6.14. The van der Waals surface area contributed by atoms with Gasteiger partial charge >= 0.3 is 5.97 Å². The highest BCUT2D eigenvalue weighted by Crippen LogP contribution is 2.36. The molecule has 0 unspecified atom stereocenters. The standard InChI is InChI=1S/C33H28N2O3/c1-2-30(26-9-6-10-29(20-26)38-22-24-7-4-3-5-8-24)33(27-16-17-31-28(19-27)21-34-35-31)25-14-11-23(12-15-25)13-18-32(36)37/h3-21H,2,22H2,1H3,(H,34,35)(H,36,37). The third-order valence-corrected chi connectivity index (χ3v) is 6.43. The zero-order chi connectivity index (χ0) is 26.3. The van der Waals surface area contributed by atoms with E-state index in [-0.39, 0.29) is 0 Å². The fraction of sp³-hybridized carbons (Fsp3) is 0.0909. The smallest absolute Gasteiger partial charge is 0.328 e. The number of nitrogens with zero attached hydrogens (tertiary/aromatic N) is 1. The Balaban J connectivity index is 1.58. The molecule has 0 saturated carbocycles. The highest BCUT2D eigenvalue weighted by atomic mass is 16.5. The van der Waals surface area contributed by atoms with Crippen molar-refractivity contribution in [3.05, 3.63) is 137 Å². The molecule has 0 bridgehead atoms. The molecule has 2 N–H and O–H groups in total. The minimum Gasteiger partial charge on any atom is -0.489 e. The van der Waals surface area contributed by atoms with Crippen LogP contribution in [0.25, 0.3) is 28.1 Å². The number of aromatic nitrogens is 2. The van der Waals surface area contributed by atoms with Gasteiger partial charge in [-0.05, 0) is 75.7 Å². The Labute approximate surface area is 221 Å². The van der Waals surface area contributed by atoms with Gasteiger partial charge in [0.05, 0.1) is 11.7 Å². The molecule has 1 aromatic heterocycles. The van der Waals surface area contributed by atoms with E-state index in [1.54, 1.807) is 6.08 Å². The van der Waals surface area contributed by atoms with Crippen LogP contribution in [-0.2, 0) is 11.4 Å². The van der Waals surface area contributed by atoms with Crippen molar-refractivity contribution in [1.29, 1.82) is 0 Å². The van der Waals surface area contributed by atoms with Crippen LogP contribution < -0.4 is 4.74 Å². The Morgan fingerprint density at radius 1 is 0.895 bits per heavy atom. The molecular weight excluding hydrogens is 472 g/mol. The molecule has 0 amide bonds. The first-order valence-corrected chi connectivity index (χ1v) is 12.6. The van der Waals surface area contributed by atoms with Crippen LogP contribution in [0.1, 0.15) is 41.2 Å². The number of aliphatic carboxylic acids is 1. The van der Waals surface area contributed by atoms with Crippen LogP contribution in [-0.4, -0.2) is 21.3 Å². The molecule has 0 aliphatic rings. The van der Waals surface area contributed by atoms with Gasteiger partial charge in [0.15, 0.2) is 0 Å². The lowest BCUT2D eigenvalue weighted by atomic mass is 9.87. The van der Waals surface area contributed by atoms with Gasteiger partial charge in [-0.2, -0.15) is 5.10 Å². The molecule has 0 fully saturated rings. The molecule has 1 heterocycles. The number of carboxylic acid groups (broad SMARTS) is 1. The van der Waals surface area contributed by atoms with E-state index in [4.69, 9.17) is 9.84 Å². The molecule has 5 nitrogen and oxygen atoms in total. The van der Waals surface area contributed by atoms with Gasteiger partial charge in [-0.15, -0.1) is 0 Å². The summed E-state index contributed by atoms with van der Waals surface area (Å²) in [6.45, 7) is 2.66. The second kappa shape index (κ2) is 11.4. The molecule has 5 rings (SSSR count). The number of aromatic amines is 1. The zero-order valence-electron chi connectivity index (χ0n) is 21.1. The number of hydrogen-bond acceptors (Lipinski definition) is 3. The van der Waals surface area contributed by atoms with Crippen molar-refractivity contribution in [2.24, 2.45) is 0 Å². The third-order valence-electron chi connectivity index (χ3n) is 6.43.